The molecular formula is C19H15Cl2N3O2. The normalized spacial score (nSPS) is 10.8. The van der Waals surface area contributed by atoms with Gasteiger partial charge in [0.2, 0.25) is 0 Å². The van der Waals surface area contributed by atoms with Gasteiger partial charge in [-0.1, -0.05) is 29.3 Å². The molecule has 1 N–H and O–H groups in total. The zero-order valence-electron chi connectivity index (χ0n) is 14.1. The van der Waals surface area contributed by atoms with Gasteiger partial charge in [-0.2, -0.15) is 5.26 Å². The van der Waals surface area contributed by atoms with Crippen LogP contribution in [-0.2, 0) is 4.79 Å². The first-order valence-corrected chi connectivity index (χ1v) is 8.27. The van der Waals surface area contributed by atoms with E-state index in [9.17, 15) is 14.9 Å². The molecule has 0 fully saturated rings. The fourth-order valence-electron chi connectivity index (χ4n) is 2.08. The molecule has 0 bridgehead atoms. The van der Waals surface area contributed by atoms with Crippen LogP contribution in [0.1, 0.15) is 15.9 Å². The third kappa shape index (κ3) is 4.85. The van der Waals surface area contributed by atoms with E-state index in [2.05, 4.69) is 5.32 Å². The molecule has 0 atom stereocenters. The van der Waals surface area contributed by atoms with Crippen LogP contribution in [0.2, 0.25) is 10.0 Å². The average molecular weight is 388 g/mol. The van der Waals surface area contributed by atoms with E-state index in [0.717, 1.165) is 0 Å². The Hall–Kier alpha value is -2.81. The lowest BCUT2D eigenvalue weighted by molar-refractivity contribution is -0.112. The van der Waals surface area contributed by atoms with Gasteiger partial charge in [-0.05, 0) is 48.0 Å². The van der Waals surface area contributed by atoms with Crippen molar-refractivity contribution < 1.29 is 9.59 Å². The summed E-state index contributed by atoms with van der Waals surface area (Å²) in [7, 11) is 3.31. The van der Waals surface area contributed by atoms with E-state index in [1.54, 1.807) is 50.5 Å². The molecule has 2 amide bonds. The highest BCUT2D eigenvalue weighted by Gasteiger charge is 2.12. The maximum absolute atomic E-state index is 12.3. The van der Waals surface area contributed by atoms with Crippen LogP contribution in [0.25, 0.3) is 6.08 Å². The van der Waals surface area contributed by atoms with Crippen molar-refractivity contribution in [2.24, 2.45) is 0 Å². The Labute approximate surface area is 161 Å². The molecule has 5 nitrogen and oxygen atoms in total. The SMILES string of the molecule is CN(C)C(=O)c1ccc(NC(=O)/C(C#N)=C\c2ccc(Cl)cc2Cl)cc1. The van der Waals surface area contributed by atoms with Crippen LogP contribution in [-0.4, -0.2) is 30.8 Å². The second-order valence-electron chi connectivity index (χ2n) is 5.57. The highest BCUT2D eigenvalue weighted by Crippen LogP contribution is 2.23. The number of amides is 2. The minimum Gasteiger partial charge on any atom is -0.345 e. The number of nitriles is 1. The van der Waals surface area contributed by atoms with Gasteiger partial charge in [-0.25, -0.2) is 0 Å². The summed E-state index contributed by atoms with van der Waals surface area (Å²) < 4.78 is 0. The van der Waals surface area contributed by atoms with Crippen LogP contribution < -0.4 is 5.32 Å². The van der Waals surface area contributed by atoms with Crippen molar-refractivity contribution in [3.8, 4) is 6.07 Å². The highest BCUT2D eigenvalue weighted by atomic mass is 35.5. The van der Waals surface area contributed by atoms with Gasteiger partial charge in [-0.15, -0.1) is 0 Å². The number of rotatable bonds is 4. The summed E-state index contributed by atoms with van der Waals surface area (Å²) in [5.41, 5.74) is 1.36. The van der Waals surface area contributed by atoms with E-state index in [4.69, 9.17) is 23.2 Å². The summed E-state index contributed by atoms with van der Waals surface area (Å²) in [5.74, 6) is -0.719. The molecule has 7 heteroatoms. The second kappa shape index (κ2) is 8.52. The molecule has 0 aliphatic rings. The lowest BCUT2D eigenvalue weighted by Crippen LogP contribution is -2.21. The maximum Gasteiger partial charge on any atom is 0.266 e. The Balaban J connectivity index is 2.18. The Morgan fingerprint density at radius 2 is 1.77 bits per heavy atom. The number of carbonyl (C=O) groups excluding carboxylic acids is 2. The summed E-state index contributed by atoms with van der Waals surface area (Å²) in [6, 6.07) is 13.0. The van der Waals surface area contributed by atoms with Crippen molar-refractivity contribution in [2.45, 2.75) is 0 Å². The topological polar surface area (TPSA) is 73.2 Å². The molecule has 0 saturated heterocycles. The van der Waals surface area contributed by atoms with Crippen LogP contribution >= 0.6 is 23.2 Å². The Morgan fingerprint density at radius 1 is 1.12 bits per heavy atom. The van der Waals surface area contributed by atoms with Crippen LogP contribution in [0.3, 0.4) is 0 Å². The molecule has 0 radical (unpaired) electrons. The molecular weight excluding hydrogens is 373 g/mol. The van der Waals surface area contributed by atoms with Crippen LogP contribution in [0.15, 0.2) is 48.0 Å². The smallest absolute Gasteiger partial charge is 0.266 e. The zero-order chi connectivity index (χ0) is 19.3. The summed E-state index contributed by atoms with van der Waals surface area (Å²) in [4.78, 5) is 25.6. The van der Waals surface area contributed by atoms with E-state index in [1.165, 1.54) is 17.0 Å². The van der Waals surface area contributed by atoms with Gasteiger partial charge < -0.3 is 10.2 Å². The maximum atomic E-state index is 12.3. The van der Waals surface area contributed by atoms with Gasteiger partial charge in [0, 0.05) is 35.4 Å². The predicted molar refractivity (Wildman–Crippen MR) is 103 cm³/mol. The average Bonchev–Trinajstić information content (AvgIpc) is 2.61. The first-order chi connectivity index (χ1) is 12.3. The van der Waals surface area contributed by atoms with Gasteiger partial charge in [0.1, 0.15) is 11.6 Å². The number of halogens is 2. The first-order valence-electron chi connectivity index (χ1n) is 7.51. The van der Waals surface area contributed by atoms with Crippen molar-refractivity contribution in [1.29, 1.82) is 5.26 Å². The molecule has 0 unspecified atom stereocenters. The number of nitrogens with zero attached hydrogens (tertiary/aromatic N) is 2. The van der Waals surface area contributed by atoms with Gasteiger partial charge in [0.25, 0.3) is 11.8 Å². The van der Waals surface area contributed by atoms with Gasteiger partial charge in [-0.3, -0.25) is 9.59 Å². The summed E-state index contributed by atoms with van der Waals surface area (Å²) in [5, 5.41) is 12.7. The van der Waals surface area contributed by atoms with Crippen molar-refractivity contribution >= 4 is 46.8 Å². The third-order valence-corrected chi connectivity index (χ3v) is 3.99. The number of hydrogen-bond acceptors (Lipinski definition) is 3. The van der Waals surface area contributed by atoms with Crippen LogP contribution in [0.4, 0.5) is 5.69 Å². The Kier molecular flexibility index (Phi) is 6.40. The number of carbonyl (C=O) groups is 2. The van der Waals surface area contributed by atoms with E-state index < -0.39 is 5.91 Å². The van der Waals surface area contributed by atoms with Crippen LogP contribution in [0.5, 0.6) is 0 Å². The van der Waals surface area contributed by atoms with E-state index >= 15 is 0 Å². The molecule has 0 heterocycles. The van der Waals surface area contributed by atoms with Crippen molar-refractivity contribution in [3.63, 3.8) is 0 Å². The van der Waals surface area contributed by atoms with Crippen molar-refractivity contribution in [3.05, 3.63) is 69.2 Å². The van der Waals surface area contributed by atoms with Gasteiger partial charge >= 0.3 is 0 Å². The fourth-order valence-corrected chi connectivity index (χ4v) is 2.54. The fraction of sp³-hybridized carbons (Fsp3) is 0.105. The number of benzene rings is 2. The molecule has 2 aromatic carbocycles. The van der Waals surface area contributed by atoms with Gasteiger partial charge in [0.05, 0.1) is 0 Å². The molecule has 0 aliphatic heterocycles. The molecule has 2 aromatic rings. The second-order valence-corrected chi connectivity index (χ2v) is 6.41. The molecule has 132 valence electrons. The third-order valence-electron chi connectivity index (χ3n) is 3.42. The molecule has 0 saturated carbocycles. The molecule has 0 spiro atoms. The monoisotopic (exact) mass is 387 g/mol. The minimum absolute atomic E-state index is 0.109. The lowest BCUT2D eigenvalue weighted by Gasteiger charge is -2.11. The van der Waals surface area contributed by atoms with E-state index in [1.807, 2.05) is 6.07 Å². The van der Waals surface area contributed by atoms with Crippen LogP contribution in [0, 0.1) is 11.3 Å². The van der Waals surface area contributed by atoms with Crippen molar-refractivity contribution in [1.82, 2.24) is 4.90 Å². The minimum atomic E-state index is -0.579. The molecule has 0 aliphatic carbocycles. The first kappa shape index (κ1) is 19.5. The van der Waals surface area contributed by atoms with E-state index in [0.29, 0.717) is 26.9 Å². The zero-order valence-corrected chi connectivity index (χ0v) is 15.6. The Bertz CT molecular complexity index is 913. The number of nitrogens with one attached hydrogen (secondary N) is 1. The Morgan fingerprint density at radius 3 is 2.31 bits per heavy atom. The van der Waals surface area contributed by atoms with Gasteiger partial charge in [0.15, 0.2) is 0 Å². The number of anilines is 1. The largest absolute Gasteiger partial charge is 0.345 e. The molecule has 0 aromatic heterocycles. The number of hydrogen-bond donors (Lipinski definition) is 1. The standard InChI is InChI=1S/C19H15Cl2N3O2/c1-24(2)19(26)12-4-7-16(8-5-12)23-18(25)14(11-22)9-13-3-6-15(20)10-17(13)21/h3-10H,1-2H3,(H,23,25)/b14-9-. The predicted octanol–water partition coefficient (Wildman–Crippen LogP) is 4.24. The quantitative estimate of drug-likeness (QED) is 0.629. The van der Waals surface area contributed by atoms with E-state index in [-0.39, 0.29) is 11.5 Å². The lowest BCUT2D eigenvalue weighted by atomic mass is 10.1. The summed E-state index contributed by atoms with van der Waals surface area (Å²) >= 11 is 11.9. The summed E-state index contributed by atoms with van der Waals surface area (Å²) in [6.07, 6.45) is 1.39. The molecule has 26 heavy (non-hydrogen) atoms. The summed E-state index contributed by atoms with van der Waals surface area (Å²) in [6.45, 7) is 0. The highest BCUT2D eigenvalue weighted by molar-refractivity contribution is 6.35. The van der Waals surface area contributed by atoms with Crippen molar-refractivity contribution in [2.75, 3.05) is 19.4 Å². The molecule has 2 rings (SSSR count).